The first-order chi connectivity index (χ1) is 17.6. The molecule has 0 saturated carbocycles. The van der Waals surface area contributed by atoms with Gasteiger partial charge in [-0.2, -0.15) is 8.70 Å². The fourth-order valence-electron chi connectivity index (χ4n) is 5.22. The fourth-order valence-corrected chi connectivity index (χ4v) is 7.04. The zero-order valence-electron chi connectivity index (χ0n) is 20.6. The highest BCUT2D eigenvalue weighted by Gasteiger charge is 2.49. The summed E-state index contributed by atoms with van der Waals surface area (Å²) in [7, 11) is -2.28. The van der Waals surface area contributed by atoms with Crippen molar-refractivity contribution in [2.75, 3.05) is 31.6 Å². The molecule has 1 atom stereocenters. The predicted octanol–water partition coefficient (Wildman–Crippen LogP) is 3.18. The quantitative estimate of drug-likeness (QED) is 0.477. The molecule has 2 aliphatic rings. The summed E-state index contributed by atoms with van der Waals surface area (Å²) < 4.78 is 41.8. The van der Waals surface area contributed by atoms with Crippen molar-refractivity contribution in [1.82, 2.24) is 14.2 Å². The zero-order chi connectivity index (χ0) is 26.4. The molecule has 0 radical (unpaired) electrons. The van der Waals surface area contributed by atoms with Crippen molar-refractivity contribution >= 4 is 38.9 Å². The van der Waals surface area contributed by atoms with Gasteiger partial charge in [0.2, 0.25) is 21.8 Å². The first-order valence-electron chi connectivity index (χ1n) is 11.9. The van der Waals surface area contributed by atoms with Crippen LogP contribution in [0.5, 0.6) is 0 Å². The van der Waals surface area contributed by atoms with Crippen molar-refractivity contribution in [3.8, 4) is 0 Å². The zero-order valence-corrected chi connectivity index (χ0v) is 22.2. The Balaban J connectivity index is 1.49. The maximum absolute atomic E-state index is 13.5. The van der Waals surface area contributed by atoms with Gasteiger partial charge in [0.1, 0.15) is 5.01 Å². The van der Waals surface area contributed by atoms with Gasteiger partial charge in [-0.3, -0.25) is 9.59 Å². The fraction of sp³-hybridized carbons (Fsp3) is 0.346. The number of rotatable bonds is 6. The molecule has 3 heterocycles. The van der Waals surface area contributed by atoms with Crippen LogP contribution < -0.4 is 4.90 Å². The van der Waals surface area contributed by atoms with Crippen LogP contribution >= 0.6 is 11.3 Å². The van der Waals surface area contributed by atoms with E-state index in [9.17, 15) is 22.4 Å². The largest absolute Gasteiger partial charge is 0.342 e. The SMILES string of the molecule is CC(=O)N1CCC2(C1)CN(C(=O)Cc1ncc(F)s1)c1ccc(S(=O)(=O)N(C)Cc3ccccc3)cc12. The Morgan fingerprint density at radius 3 is 2.57 bits per heavy atom. The number of aromatic nitrogens is 1. The van der Waals surface area contributed by atoms with Crippen LogP contribution in [0.25, 0.3) is 0 Å². The van der Waals surface area contributed by atoms with Gasteiger partial charge in [-0.1, -0.05) is 41.7 Å². The van der Waals surface area contributed by atoms with Gasteiger partial charge < -0.3 is 9.80 Å². The van der Waals surface area contributed by atoms with E-state index in [-0.39, 0.29) is 29.7 Å². The lowest BCUT2D eigenvalue weighted by Crippen LogP contribution is -2.40. The van der Waals surface area contributed by atoms with E-state index in [4.69, 9.17) is 0 Å². The molecular weight excluding hydrogens is 515 g/mol. The average molecular weight is 543 g/mol. The minimum Gasteiger partial charge on any atom is -0.342 e. The number of carbonyl (C=O) groups excluding carboxylic acids is 2. The number of sulfonamides is 1. The third kappa shape index (κ3) is 4.78. The highest BCUT2D eigenvalue weighted by Crippen LogP contribution is 2.47. The summed E-state index contributed by atoms with van der Waals surface area (Å²) in [6, 6.07) is 14.2. The molecule has 0 bridgehead atoms. The van der Waals surface area contributed by atoms with Crippen LogP contribution in [0.15, 0.2) is 59.6 Å². The summed E-state index contributed by atoms with van der Waals surface area (Å²) in [5.41, 5.74) is 1.66. The lowest BCUT2D eigenvalue weighted by Gasteiger charge is -2.25. The highest BCUT2D eigenvalue weighted by molar-refractivity contribution is 7.89. The highest BCUT2D eigenvalue weighted by atomic mass is 32.2. The summed E-state index contributed by atoms with van der Waals surface area (Å²) in [6.07, 6.45) is 1.65. The minimum atomic E-state index is -3.82. The molecule has 11 heteroatoms. The topological polar surface area (TPSA) is 90.9 Å². The normalized spacial score (nSPS) is 19.1. The van der Waals surface area contributed by atoms with Gasteiger partial charge in [0.05, 0.1) is 17.5 Å². The number of hydrogen-bond acceptors (Lipinski definition) is 6. The second kappa shape index (κ2) is 9.62. The molecule has 37 heavy (non-hydrogen) atoms. The molecule has 2 amide bonds. The lowest BCUT2D eigenvalue weighted by molar-refractivity contribution is -0.127. The standard InChI is InChI=1S/C26H27FN4O4S2/c1-18(32)30-11-10-26(16-30)17-31(25(33)13-24-28-14-23(27)36-24)22-9-8-20(12-21(22)26)37(34,35)29(2)15-19-6-4-3-5-7-19/h3-9,12,14H,10-11,13,15-17H2,1-2H3. The molecular formula is C26H27FN4O4S2. The predicted molar refractivity (Wildman–Crippen MR) is 138 cm³/mol. The molecule has 2 aliphatic heterocycles. The maximum atomic E-state index is 13.5. The number of amides is 2. The number of thiazole rings is 1. The molecule has 1 saturated heterocycles. The summed E-state index contributed by atoms with van der Waals surface area (Å²) >= 11 is 0.831. The Labute approximate surface area is 219 Å². The van der Waals surface area contributed by atoms with Crippen LogP contribution in [0.4, 0.5) is 10.1 Å². The first-order valence-corrected chi connectivity index (χ1v) is 14.2. The van der Waals surface area contributed by atoms with Crippen molar-refractivity contribution in [1.29, 1.82) is 0 Å². The van der Waals surface area contributed by atoms with Crippen LogP contribution in [-0.4, -0.2) is 61.1 Å². The van der Waals surface area contributed by atoms with E-state index < -0.39 is 20.6 Å². The number of hydrogen-bond donors (Lipinski definition) is 0. The van der Waals surface area contributed by atoms with Crippen LogP contribution in [0.3, 0.4) is 0 Å². The van der Waals surface area contributed by atoms with E-state index in [2.05, 4.69) is 4.98 Å². The van der Waals surface area contributed by atoms with E-state index in [1.165, 1.54) is 17.3 Å². The van der Waals surface area contributed by atoms with Gasteiger partial charge in [-0.15, -0.1) is 0 Å². The molecule has 1 unspecified atom stereocenters. The van der Waals surface area contributed by atoms with E-state index >= 15 is 0 Å². The summed E-state index contributed by atoms with van der Waals surface area (Å²) in [6.45, 7) is 2.97. The van der Waals surface area contributed by atoms with Crippen LogP contribution in [0, 0.1) is 5.13 Å². The van der Waals surface area contributed by atoms with Crippen LogP contribution in [0.2, 0.25) is 0 Å². The molecule has 1 aromatic heterocycles. The Bertz CT molecular complexity index is 1460. The molecule has 3 aromatic rings. The Kier molecular flexibility index (Phi) is 6.63. The number of likely N-dealkylation sites (tertiary alicyclic amines) is 1. The number of fused-ring (bicyclic) bond motifs is 2. The summed E-state index contributed by atoms with van der Waals surface area (Å²) in [5, 5.41) is -0.0769. The number of nitrogens with zero attached hydrogens (tertiary/aromatic N) is 4. The molecule has 1 spiro atoms. The molecule has 2 aromatic carbocycles. The van der Waals surface area contributed by atoms with Crippen molar-refractivity contribution in [3.05, 3.63) is 76.0 Å². The van der Waals surface area contributed by atoms with Crippen molar-refractivity contribution in [2.45, 2.75) is 36.6 Å². The Morgan fingerprint density at radius 2 is 1.92 bits per heavy atom. The number of carbonyl (C=O) groups is 2. The lowest BCUT2D eigenvalue weighted by atomic mass is 9.81. The molecule has 0 aliphatic carbocycles. The van der Waals surface area contributed by atoms with Gasteiger partial charge >= 0.3 is 0 Å². The van der Waals surface area contributed by atoms with E-state index in [1.807, 2.05) is 30.3 Å². The molecule has 194 valence electrons. The molecule has 0 N–H and O–H groups in total. The minimum absolute atomic E-state index is 0.0552. The van der Waals surface area contributed by atoms with E-state index in [0.717, 1.165) is 28.7 Å². The maximum Gasteiger partial charge on any atom is 0.243 e. The third-order valence-electron chi connectivity index (χ3n) is 7.18. The Hall–Kier alpha value is -3.15. The smallest absolute Gasteiger partial charge is 0.243 e. The molecule has 5 rings (SSSR count). The second-order valence-corrected chi connectivity index (χ2v) is 12.7. The van der Waals surface area contributed by atoms with Gasteiger partial charge in [0, 0.05) is 51.3 Å². The van der Waals surface area contributed by atoms with Gasteiger partial charge in [0.25, 0.3) is 0 Å². The van der Waals surface area contributed by atoms with Crippen LogP contribution in [0.1, 0.15) is 29.5 Å². The third-order valence-corrected chi connectivity index (χ3v) is 9.76. The number of benzene rings is 2. The first kappa shape index (κ1) is 25.5. The number of anilines is 1. The molecule has 8 nitrogen and oxygen atoms in total. The second-order valence-electron chi connectivity index (χ2n) is 9.61. The van der Waals surface area contributed by atoms with E-state index in [0.29, 0.717) is 36.8 Å². The Morgan fingerprint density at radius 1 is 1.16 bits per heavy atom. The van der Waals surface area contributed by atoms with Crippen molar-refractivity contribution in [2.24, 2.45) is 0 Å². The summed E-state index contributed by atoms with van der Waals surface area (Å²) in [4.78, 5) is 32.9. The van der Waals surface area contributed by atoms with Gasteiger partial charge in [0.15, 0.2) is 5.13 Å². The van der Waals surface area contributed by atoms with Gasteiger partial charge in [-0.25, -0.2) is 13.4 Å². The number of halogens is 1. The van der Waals surface area contributed by atoms with E-state index in [1.54, 1.807) is 29.0 Å². The van der Waals surface area contributed by atoms with Crippen molar-refractivity contribution < 1.29 is 22.4 Å². The van der Waals surface area contributed by atoms with Gasteiger partial charge in [-0.05, 0) is 35.7 Å². The summed E-state index contributed by atoms with van der Waals surface area (Å²) in [5.74, 6) is -0.307. The molecule has 1 fully saturated rings. The average Bonchev–Trinajstić information content (AvgIpc) is 3.57. The monoisotopic (exact) mass is 542 g/mol. The van der Waals surface area contributed by atoms with Crippen molar-refractivity contribution in [3.63, 3.8) is 0 Å². The van der Waals surface area contributed by atoms with Crippen LogP contribution in [-0.2, 0) is 38.0 Å².